The van der Waals surface area contributed by atoms with Crippen LogP contribution in [0, 0.1) is 5.82 Å². The first-order chi connectivity index (χ1) is 13.0. The highest BCUT2D eigenvalue weighted by molar-refractivity contribution is 7.14. The van der Waals surface area contributed by atoms with Crippen molar-refractivity contribution >= 4 is 23.2 Å². The van der Waals surface area contributed by atoms with Crippen LogP contribution in [-0.4, -0.2) is 29.3 Å². The number of thiophene rings is 1. The van der Waals surface area contributed by atoms with Gasteiger partial charge in [-0.2, -0.15) is 0 Å². The molecule has 3 unspecified atom stereocenters. The van der Waals surface area contributed by atoms with E-state index in [2.05, 4.69) is 10.9 Å². The summed E-state index contributed by atoms with van der Waals surface area (Å²) in [6.07, 6.45) is 2.26. The molecule has 2 amide bonds. The predicted octanol–water partition coefficient (Wildman–Crippen LogP) is 2.26. The molecule has 0 aliphatic carbocycles. The number of likely N-dealkylation sites (tertiary alicyclic amines) is 1. The third-order valence-corrected chi connectivity index (χ3v) is 6.42. The summed E-state index contributed by atoms with van der Waals surface area (Å²) in [7, 11) is 0. The van der Waals surface area contributed by atoms with Gasteiger partial charge in [-0.15, -0.1) is 11.3 Å². The zero-order valence-electron chi connectivity index (χ0n) is 14.7. The lowest BCUT2D eigenvalue weighted by Gasteiger charge is -2.26. The van der Waals surface area contributed by atoms with Crippen LogP contribution in [0.3, 0.4) is 0 Å². The predicted molar refractivity (Wildman–Crippen MR) is 100 cm³/mol. The second-order valence-electron chi connectivity index (χ2n) is 6.91. The van der Waals surface area contributed by atoms with Crippen molar-refractivity contribution in [2.24, 2.45) is 5.73 Å². The minimum absolute atomic E-state index is 0.00198. The van der Waals surface area contributed by atoms with Crippen LogP contribution in [-0.2, 0) is 4.79 Å². The third kappa shape index (κ3) is 3.47. The van der Waals surface area contributed by atoms with Crippen molar-refractivity contribution in [1.29, 1.82) is 0 Å². The number of carbonyl (C=O) groups is 2. The van der Waals surface area contributed by atoms with Gasteiger partial charge in [0.2, 0.25) is 5.91 Å². The molecular weight excluding hydrogens is 367 g/mol. The first-order valence-corrected chi connectivity index (χ1v) is 9.81. The second kappa shape index (κ2) is 7.38. The number of hydrogen-bond acceptors (Lipinski definition) is 5. The average molecular weight is 388 g/mol. The van der Waals surface area contributed by atoms with Crippen LogP contribution in [0.1, 0.15) is 51.5 Å². The number of carbonyl (C=O) groups excluding carboxylic acids is 2. The van der Waals surface area contributed by atoms with E-state index in [-0.39, 0.29) is 23.8 Å². The first kappa shape index (κ1) is 18.1. The largest absolute Gasteiger partial charge is 0.365 e. The molecule has 4 rings (SSSR count). The van der Waals surface area contributed by atoms with Crippen molar-refractivity contribution < 1.29 is 14.0 Å². The zero-order chi connectivity index (χ0) is 19.0. The van der Waals surface area contributed by atoms with E-state index in [1.807, 2.05) is 11.0 Å². The maximum Gasteiger partial charge on any atom is 0.258 e. The number of nitrogens with two attached hydrogens (primary N) is 1. The van der Waals surface area contributed by atoms with Gasteiger partial charge < -0.3 is 10.6 Å². The Labute approximate surface area is 160 Å². The Morgan fingerprint density at radius 2 is 2.00 bits per heavy atom. The van der Waals surface area contributed by atoms with Crippen LogP contribution < -0.4 is 16.6 Å². The van der Waals surface area contributed by atoms with Crippen LogP contribution in [0.25, 0.3) is 0 Å². The highest BCUT2D eigenvalue weighted by atomic mass is 32.1. The molecule has 2 saturated heterocycles. The van der Waals surface area contributed by atoms with Gasteiger partial charge in [0.05, 0.1) is 17.0 Å². The lowest BCUT2D eigenvalue weighted by atomic mass is 10.0. The quantitative estimate of drug-likeness (QED) is 0.750. The Bertz CT molecular complexity index is 871. The van der Waals surface area contributed by atoms with Crippen molar-refractivity contribution in [3.63, 3.8) is 0 Å². The molecule has 8 heteroatoms. The summed E-state index contributed by atoms with van der Waals surface area (Å²) in [5, 5.41) is 0. The van der Waals surface area contributed by atoms with Crippen molar-refractivity contribution in [2.45, 2.75) is 37.4 Å². The van der Waals surface area contributed by atoms with Crippen molar-refractivity contribution in [3.8, 4) is 0 Å². The fraction of sp³-hybridized carbons (Fsp3) is 0.368. The Balaban J connectivity index is 1.47. The van der Waals surface area contributed by atoms with Crippen LogP contribution in [0.15, 0.2) is 36.4 Å². The molecule has 2 aliphatic heterocycles. The number of halogens is 1. The number of nitrogens with zero attached hydrogens (tertiary/aromatic N) is 1. The first-order valence-electron chi connectivity index (χ1n) is 9.00. The molecule has 2 fully saturated rings. The molecule has 27 heavy (non-hydrogen) atoms. The van der Waals surface area contributed by atoms with E-state index < -0.39 is 11.9 Å². The molecule has 142 valence electrons. The molecule has 1 aromatic carbocycles. The summed E-state index contributed by atoms with van der Waals surface area (Å²) in [6, 6.07) is 9.50. The molecule has 2 aromatic rings. The van der Waals surface area contributed by atoms with E-state index in [0.717, 1.165) is 17.7 Å². The Hall–Kier alpha value is -2.29. The fourth-order valence-electron chi connectivity index (χ4n) is 3.87. The smallest absolute Gasteiger partial charge is 0.258 e. The Kier molecular flexibility index (Phi) is 4.94. The molecule has 0 radical (unpaired) electrons. The lowest BCUT2D eigenvalue weighted by molar-refractivity contribution is -0.134. The number of primary amides is 1. The van der Waals surface area contributed by atoms with Gasteiger partial charge in [0.15, 0.2) is 0 Å². The van der Waals surface area contributed by atoms with E-state index in [1.165, 1.54) is 17.4 Å². The van der Waals surface area contributed by atoms with Gasteiger partial charge in [-0.3, -0.25) is 9.59 Å². The average Bonchev–Trinajstić information content (AvgIpc) is 3.40. The van der Waals surface area contributed by atoms with Gasteiger partial charge in [0.1, 0.15) is 11.9 Å². The van der Waals surface area contributed by atoms with Crippen LogP contribution in [0.5, 0.6) is 0 Å². The molecule has 3 heterocycles. The lowest BCUT2D eigenvalue weighted by Crippen LogP contribution is -2.45. The Morgan fingerprint density at radius 1 is 1.19 bits per heavy atom. The summed E-state index contributed by atoms with van der Waals surface area (Å²) in [5.41, 5.74) is 12.0. The molecule has 4 N–H and O–H groups in total. The number of benzene rings is 1. The number of nitrogens with one attached hydrogen (secondary N) is 2. The van der Waals surface area contributed by atoms with Gasteiger partial charge in [0, 0.05) is 17.0 Å². The number of amides is 2. The molecule has 0 spiro atoms. The van der Waals surface area contributed by atoms with Crippen LogP contribution >= 0.6 is 11.3 Å². The standard InChI is InChI=1S/C19H21FN4O2S/c20-12-5-2-1-4-11(12)13-10-14(23-22-13)19(26)24-9-3-6-15(24)16-7-8-17(27-16)18(21)25/h1-2,4-5,7-8,13-15,22-23H,3,6,9-10H2,(H2,21,25). The monoisotopic (exact) mass is 388 g/mol. The van der Waals surface area contributed by atoms with Crippen molar-refractivity contribution in [1.82, 2.24) is 15.8 Å². The normalized spacial score (nSPS) is 25.1. The minimum Gasteiger partial charge on any atom is -0.365 e. The molecule has 6 nitrogen and oxygen atoms in total. The summed E-state index contributed by atoms with van der Waals surface area (Å²) in [4.78, 5) is 27.8. The van der Waals surface area contributed by atoms with Gasteiger partial charge in [-0.25, -0.2) is 15.2 Å². The van der Waals surface area contributed by atoms with E-state index in [1.54, 1.807) is 24.3 Å². The number of hydrogen-bond donors (Lipinski definition) is 3. The van der Waals surface area contributed by atoms with E-state index >= 15 is 0 Å². The summed E-state index contributed by atoms with van der Waals surface area (Å²) in [5.74, 6) is -0.726. The van der Waals surface area contributed by atoms with Gasteiger partial charge in [-0.05, 0) is 37.5 Å². The van der Waals surface area contributed by atoms with E-state index in [9.17, 15) is 14.0 Å². The molecular formula is C19H21FN4O2S. The number of hydrazine groups is 1. The molecule has 1 aromatic heterocycles. The second-order valence-corrected chi connectivity index (χ2v) is 8.02. The highest BCUT2D eigenvalue weighted by Crippen LogP contribution is 2.37. The zero-order valence-corrected chi connectivity index (χ0v) is 15.5. The third-order valence-electron chi connectivity index (χ3n) is 5.22. The van der Waals surface area contributed by atoms with E-state index in [4.69, 9.17) is 5.73 Å². The van der Waals surface area contributed by atoms with E-state index in [0.29, 0.717) is 23.4 Å². The molecule has 0 bridgehead atoms. The van der Waals surface area contributed by atoms with Crippen LogP contribution in [0.2, 0.25) is 0 Å². The topological polar surface area (TPSA) is 87.5 Å². The van der Waals surface area contributed by atoms with Gasteiger partial charge >= 0.3 is 0 Å². The maximum absolute atomic E-state index is 14.0. The minimum atomic E-state index is -0.448. The summed E-state index contributed by atoms with van der Waals surface area (Å²) in [6.45, 7) is 0.676. The molecule has 0 saturated carbocycles. The molecule has 3 atom stereocenters. The highest BCUT2D eigenvalue weighted by Gasteiger charge is 2.38. The van der Waals surface area contributed by atoms with Gasteiger partial charge in [0.25, 0.3) is 5.91 Å². The Morgan fingerprint density at radius 3 is 2.74 bits per heavy atom. The number of rotatable bonds is 4. The maximum atomic E-state index is 14.0. The summed E-state index contributed by atoms with van der Waals surface area (Å²) < 4.78 is 14.0. The van der Waals surface area contributed by atoms with Crippen molar-refractivity contribution in [3.05, 3.63) is 57.5 Å². The molecule has 2 aliphatic rings. The SMILES string of the molecule is NC(=O)c1ccc(C2CCCN2C(=O)C2CC(c3ccccc3F)NN2)s1. The van der Waals surface area contributed by atoms with Crippen molar-refractivity contribution in [2.75, 3.05) is 6.54 Å². The fourth-order valence-corrected chi connectivity index (χ4v) is 4.88. The summed E-state index contributed by atoms with van der Waals surface area (Å²) >= 11 is 1.35. The van der Waals surface area contributed by atoms with Crippen LogP contribution in [0.4, 0.5) is 4.39 Å². The van der Waals surface area contributed by atoms with Gasteiger partial charge in [-0.1, -0.05) is 18.2 Å².